The Balaban J connectivity index is 2.33. The highest BCUT2D eigenvalue weighted by Crippen LogP contribution is 2.19. The molecule has 8 heteroatoms. The van der Waals surface area contributed by atoms with E-state index in [1.54, 1.807) is 19.2 Å². The van der Waals surface area contributed by atoms with Gasteiger partial charge in [0.2, 0.25) is 0 Å². The second-order valence-corrected chi connectivity index (χ2v) is 4.16. The summed E-state index contributed by atoms with van der Waals surface area (Å²) in [5.74, 6) is -0.655. The van der Waals surface area contributed by atoms with Gasteiger partial charge in [-0.15, -0.1) is 0 Å². The highest BCUT2D eigenvalue weighted by atomic mass is 35.5. The molecule has 2 heterocycles. The van der Waals surface area contributed by atoms with Crippen molar-refractivity contribution in [2.45, 2.75) is 6.92 Å². The molecule has 0 aromatic carbocycles. The number of H-pyrrole nitrogens is 2. The third kappa shape index (κ3) is 3.08. The Morgan fingerprint density at radius 2 is 2.05 bits per heavy atom. The first-order valence-corrected chi connectivity index (χ1v) is 5.60. The number of anilines is 1. The number of halogens is 1. The molecule has 2 rings (SSSR count). The third-order valence-electron chi connectivity index (χ3n) is 2.23. The molecular formula is C11H9ClN4O3. The molecule has 19 heavy (non-hydrogen) atoms. The first-order chi connectivity index (χ1) is 8.95. The first-order valence-electron chi connectivity index (χ1n) is 5.23. The van der Waals surface area contributed by atoms with Gasteiger partial charge in [-0.1, -0.05) is 11.6 Å². The zero-order valence-electron chi connectivity index (χ0n) is 9.78. The van der Waals surface area contributed by atoms with Gasteiger partial charge in [0.05, 0.1) is 5.69 Å². The third-order valence-corrected chi connectivity index (χ3v) is 2.53. The number of aromatic amines is 2. The van der Waals surface area contributed by atoms with Gasteiger partial charge in [0.25, 0.3) is 11.5 Å². The van der Waals surface area contributed by atoms with E-state index in [-0.39, 0.29) is 10.8 Å². The molecule has 2 aromatic heterocycles. The maximum Gasteiger partial charge on any atom is 0.326 e. The molecular weight excluding hydrogens is 272 g/mol. The number of carbonyl (C=O) groups excluding carboxylic acids is 1. The molecule has 7 nitrogen and oxygen atoms in total. The van der Waals surface area contributed by atoms with Crippen molar-refractivity contribution in [1.82, 2.24) is 15.0 Å². The molecule has 1 amide bonds. The topological polar surface area (TPSA) is 108 Å². The minimum absolute atomic E-state index is 0.117. The van der Waals surface area contributed by atoms with Gasteiger partial charge in [-0.25, -0.2) is 9.78 Å². The van der Waals surface area contributed by atoms with Gasteiger partial charge < -0.3 is 10.3 Å². The number of aryl methyl sites for hydroxylation is 1. The van der Waals surface area contributed by atoms with Crippen molar-refractivity contribution in [2.24, 2.45) is 0 Å². The highest BCUT2D eigenvalue weighted by molar-refractivity contribution is 6.32. The molecule has 0 aliphatic heterocycles. The van der Waals surface area contributed by atoms with Crippen molar-refractivity contribution in [3.05, 3.63) is 55.6 Å². The number of hydrogen-bond acceptors (Lipinski definition) is 4. The van der Waals surface area contributed by atoms with Crippen LogP contribution in [0.5, 0.6) is 0 Å². The van der Waals surface area contributed by atoms with Crippen LogP contribution in [0, 0.1) is 6.92 Å². The Labute approximate surface area is 111 Å². The molecule has 0 bridgehead atoms. The molecule has 0 aliphatic carbocycles. The predicted octanol–water partition coefficient (Wildman–Crippen LogP) is 0.672. The Kier molecular flexibility index (Phi) is 3.48. The van der Waals surface area contributed by atoms with Gasteiger partial charge in [0.15, 0.2) is 5.15 Å². The summed E-state index contributed by atoms with van der Waals surface area (Å²) in [5.41, 5.74) is -0.480. The number of rotatable bonds is 2. The van der Waals surface area contributed by atoms with Crippen LogP contribution in [-0.4, -0.2) is 20.9 Å². The number of hydrogen-bond donors (Lipinski definition) is 3. The summed E-state index contributed by atoms with van der Waals surface area (Å²) in [6.45, 7) is 1.79. The number of aromatic nitrogens is 3. The van der Waals surface area contributed by atoms with E-state index < -0.39 is 17.2 Å². The van der Waals surface area contributed by atoms with Gasteiger partial charge in [0.1, 0.15) is 5.69 Å². The van der Waals surface area contributed by atoms with Crippen molar-refractivity contribution < 1.29 is 4.79 Å². The summed E-state index contributed by atoms with van der Waals surface area (Å²) < 4.78 is 0. The fourth-order valence-electron chi connectivity index (χ4n) is 1.42. The average molecular weight is 281 g/mol. The van der Waals surface area contributed by atoms with Crippen LogP contribution >= 0.6 is 11.6 Å². The van der Waals surface area contributed by atoms with E-state index >= 15 is 0 Å². The van der Waals surface area contributed by atoms with E-state index in [1.807, 2.05) is 4.98 Å². The van der Waals surface area contributed by atoms with Gasteiger partial charge in [-0.2, -0.15) is 0 Å². The highest BCUT2D eigenvalue weighted by Gasteiger charge is 2.11. The monoisotopic (exact) mass is 280 g/mol. The zero-order valence-corrected chi connectivity index (χ0v) is 10.5. The van der Waals surface area contributed by atoms with Gasteiger partial charge in [-0.05, 0) is 18.6 Å². The lowest BCUT2D eigenvalue weighted by atomic mass is 10.3. The smallest absolute Gasteiger partial charge is 0.318 e. The van der Waals surface area contributed by atoms with Crippen LogP contribution in [0.3, 0.4) is 0 Å². The van der Waals surface area contributed by atoms with Crippen LogP contribution in [0.2, 0.25) is 5.15 Å². The number of carbonyl (C=O) groups is 1. The second-order valence-electron chi connectivity index (χ2n) is 3.81. The summed E-state index contributed by atoms with van der Waals surface area (Å²) in [4.78, 5) is 42.1. The molecule has 0 fully saturated rings. The summed E-state index contributed by atoms with van der Waals surface area (Å²) in [6, 6.07) is 2.60. The van der Waals surface area contributed by atoms with Crippen molar-refractivity contribution in [3.8, 4) is 0 Å². The van der Waals surface area contributed by atoms with Crippen LogP contribution in [0.25, 0.3) is 0 Å². The summed E-state index contributed by atoms with van der Waals surface area (Å²) in [7, 11) is 0. The van der Waals surface area contributed by atoms with Crippen molar-refractivity contribution in [3.63, 3.8) is 0 Å². The second kappa shape index (κ2) is 5.07. The fourth-order valence-corrected chi connectivity index (χ4v) is 1.57. The average Bonchev–Trinajstić information content (AvgIpc) is 2.32. The van der Waals surface area contributed by atoms with E-state index in [0.29, 0.717) is 5.69 Å². The molecule has 0 atom stereocenters. The van der Waals surface area contributed by atoms with Gasteiger partial charge in [0, 0.05) is 12.3 Å². The Morgan fingerprint density at radius 3 is 2.74 bits per heavy atom. The summed E-state index contributed by atoms with van der Waals surface area (Å²) >= 11 is 5.82. The van der Waals surface area contributed by atoms with Crippen LogP contribution in [0.4, 0.5) is 5.69 Å². The molecule has 0 saturated heterocycles. The maximum atomic E-state index is 11.9. The maximum absolute atomic E-state index is 11.9. The lowest BCUT2D eigenvalue weighted by Gasteiger charge is -2.06. The van der Waals surface area contributed by atoms with Crippen LogP contribution in [-0.2, 0) is 0 Å². The standard InChI is InChI=1S/C11H9ClN4O3/c1-5-2-6(9(12)13-4-5)14-10(18)7-3-8(17)16-11(19)15-7/h2-4H,1H3,(H,14,18)(H2,15,16,17,19). The van der Waals surface area contributed by atoms with Gasteiger partial charge >= 0.3 is 5.69 Å². The molecule has 3 N–H and O–H groups in total. The first kappa shape index (κ1) is 13.0. The summed E-state index contributed by atoms with van der Waals surface area (Å²) in [6.07, 6.45) is 1.55. The van der Waals surface area contributed by atoms with Crippen molar-refractivity contribution in [1.29, 1.82) is 0 Å². The van der Waals surface area contributed by atoms with E-state index in [9.17, 15) is 14.4 Å². The van der Waals surface area contributed by atoms with E-state index in [0.717, 1.165) is 11.6 Å². The number of nitrogens with zero attached hydrogens (tertiary/aromatic N) is 1. The SMILES string of the molecule is Cc1cnc(Cl)c(NC(=O)c2cc(=O)[nH]c(=O)[nH]2)c1. The quantitative estimate of drug-likeness (QED) is 0.703. The summed E-state index contributed by atoms with van der Waals surface area (Å²) in [5, 5.41) is 2.58. The number of pyridine rings is 1. The number of amides is 1. The zero-order chi connectivity index (χ0) is 14.0. The predicted molar refractivity (Wildman–Crippen MR) is 69.6 cm³/mol. The van der Waals surface area contributed by atoms with Crippen LogP contribution in [0.15, 0.2) is 27.9 Å². The molecule has 0 unspecified atom stereocenters. The molecule has 0 saturated carbocycles. The van der Waals surface area contributed by atoms with E-state index in [2.05, 4.69) is 15.3 Å². The van der Waals surface area contributed by atoms with Gasteiger partial charge in [-0.3, -0.25) is 14.6 Å². The van der Waals surface area contributed by atoms with Crippen molar-refractivity contribution >= 4 is 23.2 Å². The van der Waals surface area contributed by atoms with Crippen molar-refractivity contribution in [2.75, 3.05) is 5.32 Å². The lowest BCUT2D eigenvalue weighted by Crippen LogP contribution is -2.27. The molecule has 0 spiro atoms. The van der Waals surface area contributed by atoms with E-state index in [4.69, 9.17) is 11.6 Å². The molecule has 0 radical (unpaired) electrons. The fraction of sp³-hybridized carbons (Fsp3) is 0.0909. The molecule has 0 aliphatic rings. The molecule has 98 valence electrons. The Bertz CT molecular complexity index is 722. The Hall–Kier alpha value is -2.41. The van der Waals surface area contributed by atoms with Crippen LogP contribution in [0.1, 0.15) is 16.1 Å². The van der Waals surface area contributed by atoms with E-state index in [1.165, 1.54) is 0 Å². The normalized spacial score (nSPS) is 10.2. The molecule has 2 aromatic rings. The van der Waals surface area contributed by atoms with Crippen LogP contribution < -0.4 is 16.6 Å². The Morgan fingerprint density at radius 1 is 1.32 bits per heavy atom. The largest absolute Gasteiger partial charge is 0.326 e. The lowest BCUT2D eigenvalue weighted by molar-refractivity contribution is 0.102. The minimum Gasteiger partial charge on any atom is -0.318 e. The number of nitrogens with one attached hydrogen (secondary N) is 3. The minimum atomic E-state index is -0.758.